The highest BCUT2D eigenvalue weighted by Gasteiger charge is 2.37. The van der Waals surface area contributed by atoms with Gasteiger partial charge in [0.05, 0.1) is 23.0 Å². The third kappa shape index (κ3) is 11.0. The molecular weight excluding hydrogens is 712 g/mol. The molecule has 2 N–H and O–H groups in total. The standard InChI is InChI=1S/C38H50F3N5O4S2/c1-5-6-25-7-11-27(12-8-25)28-17-19-46(20-18-28)30-22-42-34(43-23-30)29-13-9-26(10-14-29)21-31(35(47)45-52(49,50)24-38(39,40)41)44-36(48)32-15-16-33(51-32)37(2,3)4/h9-10,13-16,22-23,25,27-28,31H,5-8,11-12,17-21,24H2,1-4H3,(H,44,48)(H,45,47)/t25-,27-,31?. The second-order valence-corrected chi connectivity index (χ2v) is 18.1. The van der Waals surface area contributed by atoms with Crippen LogP contribution in [0.1, 0.15) is 99.2 Å². The minimum Gasteiger partial charge on any atom is -0.369 e. The third-order valence-corrected chi connectivity index (χ3v) is 13.0. The highest BCUT2D eigenvalue weighted by molar-refractivity contribution is 7.90. The number of carbonyl (C=O) groups excluding carboxylic acids is 2. The fourth-order valence-corrected chi connectivity index (χ4v) is 9.34. The molecule has 3 aromatic rings. The number of rotatable bonds is 12. The molecule has 3 heterocycles. The summed E-state index contributed by atoms with van der Waals surface area (Å²) < 4.78 is 64.4. The van der Waals surface area contributed by atoms with Crippen molar-refractivity contribution < 1.29 is 31.2 Å². The second-order valence-electron chi connectivity index (χ2n) is 15.3. The van der Waals surface area contributed by atoms with Gasteiger partial charge >= 0.3 is 6.18 Å². The first-order valence-electron chi connectivity index (χ1n) is 18.2. The molecule has 1 atom stereocenters. The number of hydrogen-bond acceptors (Lipinski definition) is 8. The van der Waals surface area contributed by atoms with Crippen molar-refractivity contribution in [3.05, 3.63) is 64.1 Å². The number of amides is 2. The van der Waals surface area contributed by atoms with Gasteiger partial charge in [-0.25, -0.2) is 18.4 Å². The monoisotopic (exact) mass is 761 g/mol. The predicted molar refractivity (Wildman–Crippen MR) is 199 cm³/mol. The van der Waals surface area contributed by atoms with Crippen LogP contribution in [0.3, 0.4) is 0 Å². The Kier molecular flexibility index (Phi) is 12.7. The number of aromatic nitrogens is 2. The van der Waals surface area contributed by atoms with E-state index in [2.05, 4.69) is 27.1 Å². The minimum atomic E-state index is -5.05. The number of anilines is 1. The van der Waals surface area contributed by atoms with E-state index in [-0.39, 0.29) is 16.7 Å². The smallest absolute Gasteiger partial charge is 0.369 e. The number of piperidine rings is 1. The Morgan fingerprint density at radius 1 is 0.923 bits per heavy atom. The first-order valence-corrected chi connectivity index (χ1v) is 20.6. The minimum absolute atomic E-state index is 0.174. The van der Waals surface area contributed by atoms with Crippen molar-refractivity contribution in [2.75, 3.05) is 23.7 Å². The summed E-state index contributed by atoms with van der Waals surface area (Å²) in [5, 5.41) is 2.53. The van der Waals surface area contributed by atoms with Crippen LogP contribution in [0.2, 0.25) is 0 Å². The summed E-state index contributed by atoms with van der Waals surface area (Å²) in [4.78, 5) is 39.0. The first kappa shape index (κ1) is 39.7. The van der Waals surface area contributed by atoms with E-state index < -0.39 is 39.8 Å². The zero-order valence-corrected chi connectivity index (χ0v) is 32.0. The van der Waals surface area contributed by atoms with Gasteiger partial charge in [0.25, 0.3) is 11.8 Å². The van der Waals surface area contributed by atoms with Gasteiger partial charge in [-0.3, -0.25) is 14.3 Å². The number of sulfonamides is 1. The van der Waals surface area contributed by atoms with E-state index in [0.29, 0.717) is 17.0 Å². The van der Waals surface area contributed by atoms with Crippen LogP contribution in [0.4, 0.5) is 18.9 Å². The summed E-state index contributed by atoms with van der Waals surface area (Å²) in [6.07, 6.45) is 8.96. The number of nitrogens with one attached hydrogen (secondary N) is 2. The predicted octanol–water partition coefficient (Wildman–Crippen LogP) is 7.67. The van der Waals surface area contributed by atoms with Crippen LogP contribution in [0.5, 0.6) is 0 Å². The van der Waals surface area contributed by atoms with Crippen LogP contribution < -0.4 is 14.9 Å². The van der Waals surface area contributed by atoms with E-state index >= 15 is 0 Å². The Bertz CT molecular complexity index is 1760. The van der Waals surface area contributed by atoms with Crippen molar-refractivity contribution >= 4 is 38.9 Å². The van der Waals surface area contributed by atoms with Crippen molar-refractivity contribution in [2.45, 2.75) is 103 Å². The molecule has 0 radical (unpaired) electrons. The number of carbonyl (C=O) groups is 2. The maximum absolute atomic E-state index is 13.2. The molecule has 2 amide bonds. The average Bonchev–Trinajstić information content (AvgIpc) is 3.60. The van der Waals surface area contributed by atoms with Crippen molar-refractivity contribution in [2.24, 2.45) is 17.8 Å². The summed E-state index contributed by atoms with van der Waals surface area (Å²) in [6, 6.07) is 8.78. The van der Waals surface area contributed by atoms with E-state index in [1.807, 2.05) is 33.2 Å². The molecule has 0 bridgehead atoms. The molecule has 1 saturated carbocycles. The molecule has 1 saturated heterocycles. The summed E-state index contributed by atoms with van der Waals surface area (Å²) >= 11 is 1.22. The largest absolute Gasteiger partial charge is 0.404 e. The lowest BCUT2D eigenvalue weighted by Crippen LogP contribution is -2.50. The molecule has 1 aliphatic carbocycles. The summed E-state index contributed by atoms with van der Waals surface area (Å²) in [7, 11) is -5.05. The van der Waals surface area contributed by atoms with Crippen molar-refractivity contribution in [1.29, 1.82) is 0 Å². The molecule has 9 nitrogen and oxygen atoms in total. The molecule has 2 fully saturated rings. The molecular formula is C38H50F3N5O4S2. The van der Waals surface area contributed by atoms with Gasteiger partial charge in [-0.1, -0.05) is 77.6 Å². The average molecular weight is 762 g/mol. The maximum atomic E-state index is 13.2. The van der Waals surface area contributed by atoms with E-state index in [1.165, 1.54) is 67.4 Å². The van der Waals surface area contributed by atoms with Crippen molar-refractivity contribution in [3.8, 4) is 11.4 Å². The molecule has 2 aromatic heterocycles. The molecule has 2 aliphatic rings. The Morgan fingerprint density at radius 3 is 2.10 bits per heavy atom. The lowest BCUT2D eigenvalue weighted by molar-refractivity contribution is -0.121. The van der Waals surface area contributed by atoms with Gasteiger partial charge in [-0.15, -0.1) is 11.3 Å². The van der Waals surface area contributed by atoms with Crippen LogP contribution >= 0.6 is 11.3 Å². The number of benzene rings is 1. The van der Waals surface area contributed by atoms with E-state index in [9.17, 15) is 31.2 Å². The fraction of sp³-hybridized carbons (Fsp3) is 0.579. The SMILES string of the molecule is CCC[C@H]1CC[C@H](C2CCN(c3cnc(-c4ccc(CC(NC(=O)c5ccc(C(C)(C)C)s5)C(=O)NS(=O)(=O)CC(F)(F)F)cc4)nc3)CC2)CC1. The first-order chi connectivity index (χ1) is 24.5. The van der Waals surface area contributed by atoms with E-state index in [1.54, 1.807) is 36.4 Å². The molecule has 1 aromatic carbocycles. The number of thiophene rings is 1. The highest BCUT2D eigenvalue weighted by atomic mass is 32.2. The van der Waals surface area contributed by atoms with Gasteiger partial charge in [0.15, 0.2) is 11.6 Å². The number of hydrogen-bond donors (Lipinski definition) is 2. The Balaban J connectivity index is 1.21. The number of nitrogens with zero attached hydrogens (tertiary/aromatic N) is 3. The third-order valence-electron chi connectivity index (χ3n) is 10.3. The quantitative estimate of drug-likeness (QED) is 0.194. The van der Waals surface area contributed by atoms with E-state index in [4.69, 9.17) is 0 Å². The van der Waals surface area contributed by atoms with Crippen LogP contribution in [0, 0.1) is 17.8 Å². The van der Waals surface area contributed by atoms with Gasteiger partial charge in [-0.2, -0.15) is 13.2 Å². The van der Waals surface area contributed by atoms with Gasteiger partial charge < -0.3 is 10.2 Å². The second kappa shape index (κ2) is 16.7. The van der Waals surface area contributed by atoms with Crippen molar-refractivity contribution in [1.82, 2.24) is 20.0 Å². The Morgan fingerprint density at radius 2 is 1.54 bits per heavy atom. The van der Waals surface area contributed by atoms with Gasteiger partial charge in [0.2, 0.25) is 10.0 Å². The fourth-order valence-electron chi connectivity index (χ4n) is 7.42. The summed E-state index contributed by atoms with van der Waals surface area (Å²) in [6.45, 7) is 10.2. The zero-order valence-electron chi connectivity index (χ0n) is 30.3. The van der Waals surface area contributed by atoms with Crippen LogP contribution in [-0.2, 0) is 26.7 Å². The lowest BCUT2D eigenvalue weighted by atomic mass is 9.72. The molecule has 5 rings (SSSR count). The van der Waals surface area contributed by atoms with Gasteiger partial charge in [-0.05, 0) is 66.5 Å². The normalized spacial score (nSPS) is 19.6. The lowest BCUT2D eigenvalue weighted by Gasteiger charge is -2.39. The van der Waals surface area contributed by atoms with Crippen LogP contribution in [0.15, 0.2) is 48.8 Å². The Hall–Kier alpha value is -3.52. The van der Waals surface area contributed by atoms with Crippen molar-refractivity contribution in [3.63, 3.8) is 0 Å². The molecule has 1 unspecified atom stereocenters. The number of alkyl halides is 3. The van der Waals surface area contributed by atoms with Crippen LogP contribution in [0.25, 0.3) is 11.4 Å². The molecule has 14 heteroatoms. The summed E-state index contributed by atoms with van der Waals surface area (Å²) in [5.41, 5.74) is 1.99. The highest BCUT2D eigenvalue weighted by Crippen LogP contribution is 2.39. The maximum Gasteiger partial charge on any atom is 0.404 e. The zero-order chi connectivity index (χ0) is 37.7. The van der Waals surface area contributed by atoms with E-state index in [0.717, 1.165) is 41.4 Å². The topological polar surface area (TPSA) is 121 Å². The van der Waals surface area contributed by atoms with Crippen LogP contribution in [-0.4, -0.2) is 61.3 Å². The molecule has 52 heavy (non-hydrogen) atoms. The molecule has 1 aliphatic heterocycles. The summed E-state index contributed by atoms with van der Waals surface area (Å²) in [5.74, 6) is -1.07. The molecule has 0 spiro atoms. The number of halogens is 3. The van der Waals surface area contributed by atoms with Gasteiger partial charge in [0, 0.05) is 30.0 Å². The Labute approximate surface area is 309 Å². The van der Waals surface area contributed by atoms with Gasteiger partial charge in [0.1, 0.15) is 6.04 Å². The molecule has 284 valence electrons.